The van der Waals surface area contributed by atoms with Crippen LogP contribution in [-0.2, 0) is 28.5 Å². The van der Waals surface area contributed by atoms with E-state index < -0.39 is 49.4 Å². The van der Waals surface area contributed by atoms with Crippen LogP contribution < -0.4 is 0 Å². The van der Waals surface area contributed by atoms with Gasteiger partial charge in [0, 0.05) is 12.8 Å². The summed E-state index contributed by atoms with van der Waals surface area (Å²) in [6.07, 6.45) is 26.5. The molecule has 6 atom stereocenters. The number of carbonyl (C=O) groups excluding carboxylic acids is 2. The summed E-state index contributed by atoms with van der Waals surface area (Å²) in [6.45, 7) is 3.40. The molecule has 0 spiro atoms. The Kier molecular flexibility index (Phi) is 31.7. The quantitative estimate of drug-likeness (QED) is 0.0283. The highest BCUT2D eigenvalue weighted by Gasteiger charge is 2.44. The van der Waals surface area contributed by atoms with Crippen LogP contribution in [0.3, 0.4) is 0 Å². The van der Waals surface area contributed by atoms with Crippen molar-refractivity contribution in [3.05, 3.63) is 12.2 Å². The minimum Gasteiger partial charge on any atom is -0.462 e. The third-order valence-corrected chi connectivity index (χ3v) is 9.90. The van der Waals surface area contributed by atoms with E-state index in [-0.39, 0.29) is 32.0 Å². The van der Waals surface area contributed by atoms with Gasteiger partial charge in [-0.1, -0.05) is 148 Å². The van der Waals surface area contributed by atoms with Crippen LogP contribution in [0.5, 0.6) is 0 Å². The fourth-order valence-corrected chi connectivity index (χ4v) is 6.48. The normalized spacial score (nSPS) is 21.1. The first-order chi connectivity index (χ1) is 25.3. The molecular formula is C42H78O10. The summed E-state index contributed by atoms with van der Waals surface area (Å²) in [7, 11) is 0. The molecule has 10 nitrogen and oxygen atoms in total. The lowest BCUT2D eigenvalue weighted by Crippen LogP contribution is -2.59. The molecule has 4 N–H and O–H groups in total. The minimum absolute atomic E-state index is 0.214. The Labute approximate surface area is 316 Å². The lowest BCUT2D eigenvalue weighted by atomic mass is 9.99. The van der Waals surface area contributed by atoms with E-state index in [4.69, 9.17) is 18.9 Å². The van der Waals surface area contributed by atoms with Crippen LogP contribution in [-0.4, -0.2) is 89.0 Å². The number of esters is 2. The van der Waals surface area contributed by atoms with Crippen molar-refractivity contribution in [1.82, 2.24) is 0 Å². The highest BCUT2D eigenvalue weighted by Crippen LogP contribution is 2.22. The number of hydrogen-bond donors (Lipinski definition) is 4. The maximum absolute atomic E-state index is 12.7. The van der Waals surface area contributed by atoms with Gasteiger partial charge in [-0.05, 0) is 38.5 Å². The van der Waals surface area contributed by atoms with Crippen molar-refractivity contribution in [1.29, 1.82) is 0 Å². The molecule has 1 heterocycles. The number of hydrogen-bond acceptors (Lipinski definition) is 10. The molecule has 306 valence electrons. The van der Waals surface area contributed by atoms with E-state index in [1.54, 1.807) is 0 Å². The molecule has 0 saturated carbocycles. The highest BCUT2D eigenvalue weighted by atomic mass is 16.7. The molecular weight excluding hydrogens is 664 g/mol. The number of carbonyl (C=O) groups is 2. The number of aliphatic hydroxyl groups excluding tert-OH is 4. The molecule has 1 rings (SSSR count). The smallest absolute Gasteiger partial charge is 0.306 e. The largest absolute Gasteiger partial charge is 0.462 e. The van der Waals surface area contributed by atoms with E-state index in [9.17, 15) is 30.0 Å². The molecule has 0 aromatic rings. The van der Waals surface area contributed by atoms with Crippen molar-refractivity contribution in [2.24, 2.45) is 0 Å². The van der Waals surface area contributed by atoms with E-state index in [0.717, 1.165) is 44.9 Å². The molecule has 1 aliphatic rings. The predicted octanol–water partition coefficient (Wildman–Crippen LogP) is 8.39. The molecule has 0 bridgehead atoms. The topological polar surface area (TPSA) is 152 Å². The van der Waals surface area contributed by atoms with E-state index >= 15 is 0 Å². The standard InChI is InChI=1S/C42H78O10/c1-3-5-7-9-11-13-15-16-17-18-19-20-21-23-25-27-29-31-38(45)51-35(34-50-42-41(48)40(47)39(46)36(32-43)52-42)33-49-37(44)30-28-26-24-22-14-12-10-8-6-4-2/h16-17,35-36,39-43,46-48H,3-15,18-34H2,1-2H3/b17-16+/t35-,36-,39+,40?,41?,42-/m1/s1. The Morgan fingerprint density at radius 1 is 0.577 bits per heavy atom. The van der Waals surface area contributed by atoms with Gasteiger partial charge in [-0.25, -0.2) is 0 Å². The highest BCUT2D eigenvalue weighted by molar-refractivity contribution is 5.70. The Balaban J connectivity index is 2.34. The summed E-state index contributed by atoms with van der Waals surface area (Å²) in [5, 5.41) is 40.0. The van der Waals surface area contributed by atoms with Gasteiger partial charge in [-0.3, -0.25) is 9.59 Å². The average molecular weight is 743 g/mol. The summed E-state index contributed by atoms with van der Waals surface area (Å²) >= 11 is 0. The summed E-state index contributed by atoms with van der Waals surface area (Å²) < 4.78 is 22.1. The Morgan fingerprint density at radius 3 is 1.50 bits per heavy atom. The van der Waals surface area contributed by atoms with Gasteiger partial charge in [0.2, 0.25) is 0 Å². The first-order valence-electron chi connectivity index (χ1n) is 21.3. The molecule has 1 fully saturated rings. The number of aliphatic hydroxyl groups is 4. The zero-order chi connectivity index (χ0) is 38.1. The lowest BCUT2D eigenvalue weighted by molar-refractivity contribution is -0.305. The third-order valence-electron chi connectivity index (χ3n) is 9.90. The van der Waals surface area contributed by atoms with Crippen LogP contribution in [0.2, 0.25) is 0 Å². The maximum atomic E-state index is 12.7. The van der Waals surface area contributed by atoms with Crippen molar-refractivity contribution in [3.8, 4) is 0 Å². The van der Waals surface area contributed by atoms with Crippen LogP contribution in [0, 0.1) is 0 Å². The van der Waals surface area contributed by atoms with Gasteiger partial charge in [-0.15, -0.1) is 0 Å². The Hall–Kier alpha value is -1.56. The Bertz CT molecular complexity index is 866. The van der Waals surface area contributed by atoms with Gasteiger partial charge < -0.3 is 39.4 Å². The molecule has 0 amide bonds. The van der Waals surface area contributed by atoms with Gasteiger partial charge in [0.05, 0.1) is 13.2 Å². The average Bonchev–Trinajstić information content (AvgIpc) is 3.14. The van der Waals surface area contributed by atoms with E-state index in [2.05, 4.69) is 26.0 Å². The van der Waals surface area contributed by atoms with E-state index in [0.29, 0.717) is 6.42 Å². The van der Waals surface area contributed by atoms with Crippen LogP contribution >= 0.6 is 0 Å². The van der Waals surface area contributed by atoms with E-state index in [1.807, 2.05) is 0 Å². The first kappa shape index (κ1) is 48.5. The van der Waals surface area contributed by atoms with Gasteiger partial charge >= 0.3 is 11.9 Å². The lowest BCUT2D eigenvalue weighted by Gasteiger charge is -2.39. The second kappa shape index (κ2) is 34.0. The van der Waals surface area contributed by atoms with Crippen molar-refractivity contribution in [2.45, 2.75) is 224 Å². The summed E-state index contributed by atoms with van der Waals surface area (Å²) in [5.41, 5.74) is 0. The fraction of sp³-hybridized carbons (Fsp3) is 0.905. The summed E-state index contributed by atoms with van der Waals surface area (Å²) in [6, 6.07) is 0. The zero-order valence-corrected chi connectivity index (χ0v) is 33.1. The number of ether oxygens (including phenoxy) is 4. The van der Waals surface area contributed by atoms with Gasteiger partial charge in [0.25, 0.3) is 0 Å². The minimum atomic E-state index is -1.59. The fourth-order valence-electron chi connectivity index (χ4n) is 6.48. The van der Waals surface area contributed by atoms with Crippen LogP contribution in [0.15, 0.2) is 12.2 Å². The second-order valence-corrected chi connectivity index (χ2v) is 14.8. The number of allylic oxidation sites excluding steroid dienone is 2. The van der Waals surface area contributed by atoms with Crippen molar-refractivity contribution >= 4 is 11.9 Å². The monoisotopic (exact) mass is 743 g/mol. The van der Waals surface area contributed by atoms with Crippen LogP contribution in [0.1, 0.15) is 187 Å². The zero-order valence-electron chi connectivity index (χ0n) is 33.1. The maximum Gasteiger partial charge on any atom is 0.306 e. The van der Waals surface area contributed by atoms with Gasteiger partial charge in [-0.2, -0.15) is 0 Å². The van der Waals surface area contributed by atoms with Gasteiger partial charge in [0.15, 0.2) is 12.4 Å². The number of rotatable bonds is 35. The van der Waals surface area contributed by atoms with Crippen LogP contribution in [0.25, 0.3) is 0 Å². The van der Waals surface area contributed by atoms with Crippen molar-refractivity contribution in [3.63, 3.8) is 0 Å². The van der Waals surface area contributed by atoms with E-state index in [1.165, 1.54) is 109 Å². The van der Waals surface area contributed by atoms with Crippen molar-refractivity contribution < 1.29 is 49.0 Å². The molecule has 0 aliphatic carbocycles. The number of unbranched alkanes of at least 4 members (excludes halogenated alkanes) is 22. The summed E-state index contributed by atoms with van der Waals surface area (Å²) in [4.78, 5) is 25.2. The van der Waals surface area contributed by atoms with Gasteiger partial charge in [0.1, 0.15) is 31.0 Å². The van der Waals surface area contributed by atoms with Crippen LogP contribution in [0.4, 0.5) is 0 Å². The SMILES string of the molecule is CCCCCCCC/C=C/CCCCCCCCCC(=O)O[C@H](COC(=O)CCCCCCCCCCCC)CO[C@@H]1O[C@H](CO)[C@H](O)C(O)C1O. The first-order valence-corrected chi connectivity index (χ1v) is 21.3. The second-order valence-electron chi connectivity index (χ2n) is 14.8. The molecule has 2 unspecified atom stereocenters. The molecule has 0 aromatic heterocycles. The molecule has 0 aromatic carbocycles. The Morgan fingerprint density at radius 2 is 1.02 bits per heavy atom. The molecule has 52 heavy (non-hydrogen) atoms. The third kappa shape index (κ3) is 25.5. The molecule has 10 heteroatoms. The molecule has 0 radical (unpaired) electrons. The summed E-state index contributed by atoms with van der Waals surface area (Å²) in [5.74, 6) is -0.807. The molecule has 1 aliphatic heterocycles. The predicted molar refractivity (Wildman–Crippen MR) is 206 cm³/mol. The van der Waals surface area contributed by atoms with Crippen molar-refractivity contribution in [2.75, 3.05) is 19.8 Å². The molecule has 1 saturated heterocycles.